The number of piperazine rings is 1. The zero-order valence-electron chi connectivity index (χ0n) is 10.2. The Hall–Kier alpha value is -1.60. The summed E-state index contributed by atoms with van der Waals surface area (Å²) in [5.41, 5.74) is 0.650. The molecule has 19 heavy (non-hydrogen) atoms. The predicted octanol–water partition coefficient (Wildman–Crippen LogP) is 1.35. The first-order chi connectivity index (χ1) is 9.24. The number of phenols is 1. The van der Waals surface area contributed by atoms with Crippen LogP contribution in [0.25, 0.3) is 11.4 Å². The van der Waals surface area contributed by atoms with Crippen molar-refractivity contribution in [3.05, 3.63) is 22.7 Å². The summed E-state index contributed by atoms with van der Waals surface area (Å²) >= 11 is 3.32. The molecule has 1 aromatic carbocycles. The monoisotopic (exact) mass is 323 g/mol. The van der Waals surface area contributed by atoms with Crippen molar-refractivity contribution in [1.82, 2.24) is 20.5 Å². The van der Waals surface area contributed by atoms with Gasteiger partial charge in [-0.15, -0.1) is 5.10 Å². The second-order valence-electron chi connectivity index (χ2n) is 4.38. The lowest BCUT2D eigenvalue weighted by molar-refractivity contribution is 0.476. The number of hydrogen-bond donors (Lipinski definition) is 3. The fourth-order valence-electron chi connectivity index (χ4n) is 2.08. The quantitative estimate of drug-likeness (QED) is 0.777. The molecule has 0 bridgehead atoms. The molecule has 2 heterocycles. The number of rotatable bonds is 2. The zero-order valence-corrected chi connectivity index (χ0v) is 11.8. The van der Waals surface area contributed by atoms with Crippen molar-refractivity contribution >= 4 is 21.9 Å². The van der Waals surface area contributed by atoms with Gasteiger partial charge in [-0.2, -0.15) is 4.98 Å². The predicted molar refractivity (Wildman–Crippen MR) is 76.3 cm³/mol. The van der Waals surface area contributed by atoms with E-state index in [0.29, 0.717) is 17.3 Å². The summed E-state index contributed by atoms with van der Waals surface area (Å²) in [4.78, 5) is 6.57. The van der Waals surface area contributed by atoms with Gasteiger partial charge in [-0.3, -0.25) is 5.10 Å². The zero-order chi connectivity index (χ0) is 13.2. The first kappa shape index (κ1) is 12.4. The van der Waals surface area contributed by atoms with E-state index in [4.69, 9.17) is 0 Å². The lowest BCUT2D eigenvalue weighted by Crippen LogP contribution is -2.44. The van der Waals surface area contributed by atoms with E-state index in [9.17, 15) is 5.11 Å². The van der Waals surface area contributed by atoms with Crippen molar-refractivity contribution in [1.29, 1.82) is 0 Å². The summed E-state index contributed by atoms with van der Waals surface area (Å²) in [6.07, 6.45) is 0. The van der Waals surface area contributed by atoms with Gasteiger partial charge in [0.1, 0.15) is 5.75 Å². The van der Waals surface area contributed by atoms with Gasteiger partial charge in [0.15, 0.2) is 5.82 Å². The topological polar surface area (TPSA) is 77.1 Å². The van der Waals surface area contributed by atoms with Gasteiger partial charge < -0.3 is 15.3 Å². The Morgan fingerprint density at radius 1 is 1.26 bits per heavy atom. The van der Waals surface area contributed by atoms with Gasteiger partial charge in [-0.25, -0.2) is 0 Å². The Labute approximate surface area is 119 Å². The Bertz CT molecular complexity index is 579. The Kier molecular flexibility index (Phi) is 3.39. The number of aromatic amines is 1. The Balaban J connectivity index is 1.87. The standard InChI is InChI=1S/C12H14BrN5O/c13-8-1-2-9(10(19)7-8)11-15-12(17-16-11)18-5-3-14-4-6-18/h1-2,7,14,19H,3-6H2,(H,15,16,17). The number of benzene rings is 1. The molecule has 100 valence electrons. The van der Waals surface area contributed by atoms with Gasteiger partial charge >= 0.3 is 0 Å². The minimum atomic E-state index is 0.178. The largest absolute Gasteiger partial charge is 0.507 e. The van der Waals surface area contributed by atoms with Gasteiger partial charge in [0, 0.05) is 30.7 Å². The van der Waals surface area contributed by atoms with E-state index >= 15 is 0 Å². The van der Waals surface area contributed by atoms with E-state index < -0.39 is 0 Å². The van der Waals surface area contributed by atoms with Crippen molar-refractivity contribution < 1.29 is 5.11 Å². The van der Waals surface area contributed by atoms with E-state index in [1.165, 1.54) is 0 Å². The molecular formula is C12H14BrN5O. The molecule has 0 aliphatic carbocycles. The van der Waals surface area contributed by atoms with Crippen LogP contribution in [0.5, 0.6) is 5.75 Å². The molecule has 1 aliphatic heterocycles. The summed E-state index contributed by atoms with van der Waals surface area (Å²) in [6.45, 7) is 3.66. The van der Waals surface area contributed by atoms with Crippen molar-refractivity contribution in [2.75, 3.05) is 31.1 Å². The van der Waals surface area contributed by atoms with E-state index in [2.05, 4.69) is 41.3 Å². The van der Waals surface area contributed by atoms with Crippen LogP contribution in [-0.2, 0) is 0 Å². The number of halogens is 1. The average Bonchev–Trinajstić information content (AvgIpc) is 2.89. The minimum Gasteiger partial charge on any atom is -0.507 e. The highest BCUT2D eigenvalue weighted by atomic mass is 79.9. The highest BCUT2D eigenvalue weighted by molar-refractivity contribution is 9.10. The normalized spacial score (nSPS) is 15.7. The molecule has 0 spiro atoms. The van der Waals surface area contributed by atoms with Crippen LogP contribution in [-0.4, -0.2) is 46.5 Å². The number of phenolic OH excluding ortho intramolecular Hbond substituents is 1. The van der Waals surface area contributed by atoms with Gasteiger partial charge in [0.05, 0.1) is 5.56 Å². The number of nitrogens with one attached hydrogen (secondary N) is 2. The van der Waals surface area contributed by atoms with Crippen molar-refractivity contribution in [3.63, 3.8) is 0 Å². The molecule has 1 saturated heterocycles. The van der Waals surface area contributed by atoms with Crippen LogP contribution < -0.4 is 10.2 Å². The van der Waals surface area contributed by atoms with E-state index in [1.54, 1.807) is 6.07 Å². The second-order valence-corrected chi connectivity index (χ2v) is 5.30. The number of aromatic nitrogens is 3. The summed E-state index contributed by atoms with van der Waals surface area (Å²) in [6, 6.07) is 5.31. The molecule has 1 fully saturated rings. The van der Waals surface area contributed by atoms with Crippen LogP contribution in [0.4, 0.5) is 5.95 Å². The van der Waals surface area contributed by atoms with Crippen molar-refractivity contribution in [3.8, 4) is 17.1 Å². The summed E-state index contributed by atoms with van der Waals surface area (Å²) in [5, 5.41) is 20.3. The maximum Gasteiger partial charge on any atom is 0.245 e. The molecule has 3 rings (SSSR count). The molecule has 2 aromatic rings. The first-order valence-electron chi connectivity index (χ1n) is 6.11. The summed E-state index contributed by atoms with van der Waals surface area (Å²) in [7, 11) is 0. The van der Waals surface area contributed by atoms with E-state index in [-0.39, 0.29) is 5.75 Å². The third-order valence-electron chi connectivity index (χ3n) is 3.09. The number of anilines is 1. The smallest absolute Gasteiger partial charge is 0.245 e. The Morgan fingerprint density at radius 3 is 2.79 bits per heavy atom. The molecule has 0 unspecified atom stereocenters. The molecule has 0 amide bonds. The molecule has 3 N–H and O–H groups in total. The van der Waals surface area contributed by atoms with Gasteiger partial charge in [0.25, 0.3) is 0 Å². The molecule has 0 atom stereocenters. The molecule has 6 nitrogen and oxygen atoms in total. The van der Waals surface area contributed by atoms with Crippen LogP contribution in [0.15, 0.2) is 22.7 Å². The molecule has 0 saturated carbocycles. The van der Waals surface area contributed by atoms with Crippen molar-refractivity contribution in [2.45, 2.75) is 0 Å². The van der Waals surface area contributed by atoms with Gasteiger partial charge in [-0.05, 0) is 18.2 Å². The van der Waals surface area contributed by atoms with Gasteiger partial charge in [0.2, 0.25) is 5.95 Å². The maximum absolute atomic E-state index is 9.92. The van der Waals surface area contributed by atoms with Crippen LogP contribution in [0.1, 0.15) is 0 Å². The first-order valence-corrected chi connectivity index (χ1v) is 6.90. The third-order valence-corrected chi connectivity index (χ3v) is 3.58. The van der Waals surface area contributed by atoms with Gasteiger partial charge in [-0.1, -0.05) is 15.9 Å². The molecule has 1 aromatic heterocycles. The highest BCUT2D eigenvalue weighted by Crippen LogP contribution is 2.30. The van der Waals surface area contributed by atoms with E-state index in [0.717, 1.165) is 30.7 Å². The molecule has 0 radical (unpaired) electrons. The van der Waals surface area contributed by atoms with Crippen LogP contribution >= 0.6 is 15.9 Å². The number of nitrogens with zero attached hydrogens (tertiary/aromatic N) is 3. The minimum absolute atomic E-state index is 0.178. The SMILES string of the molecule is Oc1cc(Br)ccc1-c1nc(N2CCNCC2)n[nH]1. The van der Waals surface area contributed by atoms with Crippen molar-refractivity contribution in [2.24, 2.45) is 0 Å². The number of aromatic hydroxyl groups is 1. The third kappa shape index (κ3) is 2.57. The summed E-state index contributed by atoms with van der Waals surface area (Å²) in [5.74, 6) is 1.44. The number of hydrogen-bond acceptors (Lipinski definition) is 5. The fourth-order valence-corrected chi connectivity index (χ4v) is 2.43. The highest BCUT2D eigenvalue weighted by Gasteiger charge is 2.16. The molecule has 1 aliphatic rings. The molecular weight excluding hydrogens is 310 g/mol. The Morgan fingerprint density at radius 2 is 2.05 bits per heavy atom. The average molecular weight is 324 g/mol. The summed E-state index contributed by atoms with van der Waals surface area (Å²) < 4.78 is 0.829. The van der Waals surface area contributed by atoms with Crippen LogP contribution in [0.2, 0.25) is 0 Å². The van der Waals surface area contributed by atoms with Crippen LogP contribution in [0, 0.1) is 0 Å². The lowest BCUT2D eigenvalue weighted by atomic mass is 10.2. The number of H-pyrrole nitrogens is 1. The van der Waals surface area contributed by atoms with E-state index in [1.807, 2.05) is 12.1 Å². The fraction of sp³-hybridized carbons (Fsp3) is 0.333. The molecule has 7 heteroatoms. The second kappa shape index (κ2) is 5.18. The van der Waals surface area contributed by atoms with Crippen LogP contribution in [0.3, 0.4) is 0 Å². The maximum atomic E-state index is 9.92. The lowest BCUT2D eigenvalue weighted by Gasteiger charge is -2.25.